The molecule has 3 N–H and O–H groups in total. The third kappa shape index (κ3) is 3.96. The summed E-state index contributed by atoms with van der Waals surface area (Å²) >= 11 is 0. The van der Waals surface area contributed by atoms with Crippen LogP contribution in [0.2, 0.25) is 0 Å². The summed E-state index contributed by atoms with van der Waals surface area (Å²) in [5.41, 5.74) is 1.35. The number of hydrogen-bond acceptors (Lipinski definition) is 3. The SMILES string of the molecule is CCN(CCO)C(=O)Nc1cc(C(=O)O)ccc1C. The molecular formula is C13H18N2O4. The van der Waals surface area contributed by atoms with Crippen LogP contribution in [0.3, 0.4) is 0 Å². The van der Waals surface area contributed by atoms with Gasteiger partial charge in [0.1, 0.15) is 0 Å². The summed E-state index contributed by atoms with van der Waals surface area (Å²) in [5, 5.41) is 20.4. The molecule has 0 aliphatic heterocycles. The van der Waals surface area contributed by atoms with E-state index >= 15 is 0 Å². The Bertz CT molecular complexity index is 474. The zero-order valence-electron chi connectivity index (χ0n) is 11.0. The predicted octanol–water partition coefficient (Wildman–Crippen LogP) is 1.54. The van der Waals surface area contributed by atoms with E-state index in [1.165, 1.54) is 17.0 Å². The molecular weight excluding hydrogens is 248 g/mol. The van der Waals surface area contributed by atoms with Crippen molar-refractivity contribution in [1.29, 1.82) is 0 Å². The Labute approximate surface area is 111 Å². The van der Waals surface area contributed by atoms with Crippen LogP contribution >= 0.6 is 0 Å². The lowest BCUT2D eigenvalue weighted by Crippen LogP contribution is -2.37. The zero-order valence-corrected chi connectivity index (χ0v) is 11.0. The van der Waals surface area contributed by atoms with Gasteiger partial charge in [0.05, 0.1) is 12.2 Å². The Morgan fingerprint density at radius 2 is 2.05 bits per heavy atom. The predicted molar refractivity (Wildman–Crippen MR) is 71.5 cm³/mol. The number of nitrogens with zero attached hydrogens (tertiary/aromatic N) is 1. The Morgan fingerprint density at radius 1 is 1.37 bits per heavy atom. The van der Waals surface area contributed by atoms with Gasteiger partial charge >= 0.3 is 12.0 Å². The molecule has 0 unspecified atom stereocenters. The lowest BCUT2D eigenvalue weighted by molar-refractivity contribution is 0.0697. The molecule has 6 heteroatoms. The third-order valence-electron chi connectivity index (χ3n) is 2.76. The quantitative estimate of drug-likeness (QED) is 0.754. The van der Waals surface area contributed by atoms with E-state index in [2.05, 4.69) is 5.32 Å². The highest BCUT2D eigenvalue weighted by Crippen LogP contribution is 2.17. The molecule has 1 aromatic carbocycles. The average Bonchev–Trinajstić information content (AvgIpc) is 2.38. The summed E-state index contributed by atoms with van der Waals surface area (Å²) in [4.78, 5) is 24.2. The van der Waals surface area contributed by atoms with Crippen LogP contribution in [-0.2, 0) is 0 Å². The number of anilines is 1. The average molecular weight is 266 g/mol. The minimum absolute atomic E-state index is 0.116. The van der Waals surface area contributed by atoms with Gasteiger partial charge in [-0.05, 0) is 31.5 Å². The smallest absolute Gasteiger partial charge is 0.335 e. The molecule has 0 bridgehead atoms. The van der Waals surface area contributed by atoms with Crippen LogP contribution in [-0.4, -0.2) is 46.8 Å². The van der Waals surface area contributed by atoms with Gasteiger partial charge in [-0.15, -0.1) is 0 Å². The van der Waals surface area contributed by atoms with Crippen molar-refractivity contribution in [2.24, 2.45) is 0 Å². The Morgan fingerprint density at radius 3 is 2.58 bits per heavy atom. The number of urea groups is 1. The number of aromatic carboxylic acids is 1. The second-order valence-electron chi connectivity index (χ2n) is 4.07. The molecule has 0 atom stereocenters. The fourth-order valence-electron chi connectivity index (χ4n) is 1.61. The number of benzene rings is 1. The molecule has 2 amide bonds. The first-order valence-corrected chi connectivity index (χ1v) is 6.00. The molecule has 0 aliphatic carbocycles. The van der Waals surface area contributed by atoms with Crippen molar-refractivity contribution in [2.45, 2.75) is 13.8 Å². The van der Waals surface area contributed by atoms with E-state index in [0.717, 1.165) is 5.56 Å². The Kier molecular flexibility index (Phi) is 5.32. The van der Waals surface area contributed by atoms with E-state index in [1.807, 2.05) is 0 Å². The van der Waals surface area contributed by atoms with Crippen LogP contribution in [0.15, 0.2) is 18.2 Å². The number of hydrogen-bond donors (Lipinski definition) is 3. The van der Waals surface area contributed by atoms with Crippen LogP contribution in [0.25, 0.3) is 0 Å². The summed E-state index contributed by atoms with van der Waals surface area (Å²) < 4.78 is 0. The second kappa shape index (κ2) is 6.75. The number of aliphatic hydroxyl groups is 1. The van der Waals surface area contributed by atoms with E-state index in [-0.39, 0.29) is 24.7 Å². The number of likely N-dealkylation sites (N-methyl/N-ethyl adjacent to an activating group) is 1. The van der Waals surface area contributed by atoms with E-state index < -0.39 is 5.97 Å². The summed E-state index contributed by atoms with van der Waals surface area (Å²) in [6, 6.07) is 4.18. The van der Waals surface area contributed by atoms with Gasteiger partial charge in [0.15, 0.2) is 0 Å². The molecule has 0 fully saturated rings. The molecule has 0 saturated carbocycles. The monoisotopic (exact) mass is 266 g/mol. The largest absolute Gasteiger partial charge is 0.478 e. The molecule has 6 nitrogen and oxygen atoms in total. The van der Waals surface area contributed by atoms with Gasteiger partial charge in [0.25, 0.3) is 0 Å². The van der Waals surface area contributed by atoms with Crippen molar-refractivity contribution in [3.8, 4) is 0 Å². The van der Waals surface area contributed by atoms with Gasteiger partial charge in [-0.3, -0.25) is 0 Å². The standard InChI is InChI=1S/C13H18N2O4/c1-3-15(6-7-16)13(19)14-11-8-10(12(17)18)5-4-9(11)2/h4-5,8,16H,3,6-7H2,1-2H3,(H,14,19)(H,17,18). The van der Waals surface area contributed by atoms with Crippen molar-refractivity contribution in [2.75, 3.05) is 25.0 Å². The third-order valence-corrected chi connectivity index (χ3v) is 2.76. The molecule has 104 valence electrons. The summed E-state index contributed by atoms with van der Waals surface area (Å²) in [5.74, 6) is -1.04. The number of carboxylic acid groups (broad SMARTS) is 1. The number of rotatable bonds is 5. The van der Waals surface area contributed by atoms with Crippen LogP contribution in [0.1, 0.15) is 22.8 Å². The number of carbonyl (C=O) groups excluding carboxylic acids is 1. The molecule has 0 aliphatic rings. The van der Waals surface area contributed by atoms with Crippen LogP contribution in [0, 0.1) is 6.92 Å². The van der Waals surface area contributed by atoms with Gasteiger partial charge in [-0.1, -0.05) is 6.07 Å². The maximum absolute atomic E-state index is 11.9. The van der Waals surface area contributed by atoms with E-state index in [0.29, 0.717) is 12.2 Å². The molecule has 19 heavy (non-hydrogen) atoms. The molecule has 1 rings (SSSR count). The molecule has 0 aromatic heterocycles. The number of nitrogens with one attached hydrogen (secondary N) is 1. The number of aryl methyl sites for hydroxylation is 1. The maximum Gasteiger partial charge on any atom is 0.335 e. The number of amides is 2. The summed E-state index contributed by atoms with van der Waals surface area (Å²) in [7, 11) is 0. The van der Waals surface area contributed by atoms with Gasteiger partial charge in [-0.25, -0.2) is 9.59 Å². The Hall–Kier alpha value is -2.08. The highest BCUT2D eigenvalue weighted by molar-refractivity contribution is 5.94. The summed E-state index contributed by atoms with van der Waals surface area (Å²) in [6.07, 6.45) is 0. The topological polar surface area (TPSA) is 89.9 Å². The maximum atomic E-state index is 11.9. The molecule has 1 aromatic rings. The van der Waals surface area contributed by atoms with Gasteiger partial charge in [-0.2, -0.15) is 0 Å². The van der Waals surface area contributed by atoms with Gasteiger partial charge in [0.2, 0.25) is 0 Å². The minimum atomic E-state index is -1.04. The summed E-state index contributed by atoms with van der Waals surface area (Å²) in [6.45, 7) is 4.17. The molecule has 0 saturated heterocycles. The Balaban J connectivity index is 2.89. The number of carboxylic acids is 1. The molecule has 0 heterocycles. The molecule has 0 spiro atoms. The van der Waals surface area contributed by atoms with Crippen molar-refractivity contribution >= 4 is 17.7 Å². The first-order chi connectivity index (χ1) is 8.99. The number of carbonyl (C=O) groups is 2. The van der Waals surface area contributed by atoms with Gasteiger partial charge in [0, 0.05) is 18.8 Å². The van der Waals surface area contributed by atoms with E-state index in [4.69, 9.17) is 10.2 Å². The first-order valence-electron chi connectivity index (χ1n) is 6.00. The lowest BCUT2D eigenvalue weighted by Gasteiger charge is -2.21. The van der Waals surface area contributed by atoms with Crippen LogP contribution in [0.5, 0.6) is 0 Å². The fourth-order valence-corrected chi connectivity index (χ4v) is 1.61. The number of aliphatic hydroxyl groups excluding tert-OH is 1. The first kappa shape index (κ1) is 15.0. The fraction of sp³-hybridized carbons (Fsp3) is 0.385. The van der Waals surface area contributed by atoms with Crippen LogP contribution < -0.4 is 5.32 Å². The van der Waals surface area contributed by atoms with Crippen molar-refractivity contribution in [3.63, 3.8) is 0 Å². The zero-order chi connectivity index (χ0) is 14.4. The van der Waals surface area contributed by atoms with E-state index in [1.54, 1.807) is 19.9 Å². The second-order valence-corrected chi connectivity index (χ2v) is 4.07. The molecule has 0 radical (unpaired) electrons. The minimum Gasteiger partial charge on any atom is -0.478 e. The van der Waals surface area contributed by atoms with Crippen LogP contribution in [0.4, 0.5) is 10.5 Å². The highest BCUT2D eigenvalue weighted by Gasteiger charge is 2.13. The highest BCUT2D eigenvalue weighted by atomic mass is 16.4. The van der Waals surface area contributed by atoms with Crippen molar-refractivity contribution in [3.05, 3.63) is 29.3 Å². The van der Waals surface area contributed by atoms with Crippen molar-refractivity contribution in [1.82, 2.24) is 4.90 Å². The van der Waals surface area contributed by atoms with E-state index in [9.17, 15) is 9.59 Å². The van der Waals surface area contributed by atoms with Crippen molar-refractivity contribution < 1.29 is 19.8 Å². The van der Waals surface area contributed by atoms with Gasteiger partial charge < -0.3 is 20.4 Å². The normalized spacial score (nSPS) is 10.1. The lowest BCUT2D eigenvalue weighted by atomic mass is 10.1.